The summed E-state index contributed by atoms with van der Waals surface area (Å²) in [6, 6.07) is 0. The van der Waals surface area contributed by atoms with Gasteiger partial charge in [-0.25, -0.2) is 9.78 Å². The van der Waals surface area contributed by atoms with E-state index >= 15 is 0 Å². The summed E-state index contributed by atoms with van der Waals surface area (Å²) in [6.07, 6.45) is 6.29. The molecule has 2 heterocycles. The molecule has 0 aliphatic heterocycles. The molecule has 6 nitrogen and oxygen atoms in total. The summed E-state index contributed by atoms with van der Waals surface area (Å²) < 4.78 is 3.24. The molecule has 0 saturated heterocycles. The van der Waals surface area contributed by atoms with Gasteiger partial charge < -0.3 is 9.67 Å². The largest absolute Gasteiger partial charge is 0.476 e. The van der Waals surface area contributed by atoms with Crippen molar-refractivity contribution < 1.29 is 9.90 Å². The number of aryl methyl sites for hydroxylation is 1. The van der Waals surface area contributed by atoms with Crippen LogP contribution < -0.4 is 0 Å². The molecule has 1 N–H and O–H groups in total. The lowest BCUT2D eigenvalue weighted by Gasteiger charge is -1.92. The Bertz CT molecular complexity index is 471. The summed E-state index contributed by atoms with van der Waals surface area (Å²) in [5.41, 5.74) is 0.807. The number of rotatable bonds is 2. The first-order valence-corrected chi connectivity index (χ1v) is 3.93. The SMILES string of the molecule is Cn1cc(-n2cnc(C(=O)O)c2)cn1. The highest BCUT2D eigenvalue weighted by Gasteiger charge is 2.07. The van der Waals surface area contributed by atoms with Gasteiger partial charge in [-0.1, -0.05) is 0 Å². The van der Waals surface area contributed by atoms with E-state index in [1.54, 1.807) is 28.7 Å². The Morgan fingerprint density at radius 3 is 2.79 bits per heavy atom. The normalized spacial score (nSPS) is 10.4. The number of imidazole rings is 1. The third-order valence-electron chi connectivity index (χ3n) is 1.79. The number of aromatic carboxylic acids is 1. The standard InChI is InChI=1S/C8H8N4O2/c1-11-3-6(2-10-11)12-4-7(8(13)14)9-5-12/h2-5H,1H3,(H,13,14). The molecule has 0 atom stereocenters. The molecular formula is C8H8N4O2. The molecule has 2 aromatic rings. The maximum absolute atomic E-state index is 10.6. The van der Waals surface area contributed by atoms with Gasteiger partial charge in [0.15, 0.2) is 5.69 Å². The van der Waals surface area contributed by atoms with E-state index in [-0.39, 0.29) is 5.69 Å². The van der Waals surface area contributed by atoms with Gasteiger partial charge >= 0.3 is 5.97 Å². The third-order valence-corrected chi connectivity index (χ3v) is 1.79. The van der Waals surface area contributed by atoms with Gasteiger partial charge in [0.2, 0.25) is 0 Å². The van der Waals surface area contributed by atoms with E-state index in [2.05, 4.69) is 10.1 Å². The first-order chi connectivity index (χ1) is 6.66. The van der Waals surface area contributed by atoms with Crippen molar-refractivity contribution >= 4 is 5.97 Å². The third kappa shape index (κ3) is 1.37. The van der Waals surface area contributed by atoms with Gasteiger partial charge in [-0.2, -0.15) is 5.10 Å². The van der Waals surface area contributed by atoms with Crippen LogP contribution in [0.25, 0.3) is 5.69 Å². The average molecular weight is 192 g/mol. The van der Waals surface area contributed by atoms with Crippen LogP contribution in [0.2, 0.25) is 0 Å². The van der Waals surface area contributed by atoms with Gasteiger partial charge in [-0.3, -0.25) is 4.68 Å². The van der Waals surface area contributed by atoms with Crippen molar-refractivity contribution in [3.8, 4) is 5.69 Å². The Hall–Kier alpha value is -2.11. The van der Waals surface area contributed by atoms with Crippen LogP contribution in [0.5, 0.6) is 0 Å². The van der Waals surface area contributed by atoms with E-state index in [0.717, 1.165) is 5.69 Å². The number of hydrogen-bond acceptors (Lipinski definition) is 3. The molecule has 0 radical (unpaired) electrons. The Balaban J connectivity index is 2.38. The molecule has 72 valence electrons. The van der Waals surface area contributed by atoms with Gasteiger partial charge in [-0.05, 0) is 0 Å². The molecule has 0 amide bonds. The first-order valence-electron chi connectivity index (χ1n) is 3.93. The Morgan fingerprint density at radius 1 is 1.50 bits per heavy atom. The van der Waals surface area contributed by atoms with Crippen molar-refractivity contribution in [1.29, 1.82) is 0 Å². The predicted octanol–water partition coefficient (Wildman–Crippen LogP) is 0.304. The molecule has 0 saturated carbocycles. The van der Waals surface area contributed by atoms with E-state index < -0.39 is 5.97 Å². The topological polar surface area (TPSA) is 72.9 Å². The summed E-state index contributed by atoms with van der Waals surface area (Å²) in [5.74, 6) is -1.03. The smallest absolute Gasteiger partial charge is 0.356 e. The maximum atomic E-state index is 10.6. The first kappa shape index (κ1) is 8.49. The van der Waals surface area contributed by atoms with Crippen LogP contribution in [0, 0.1) is 0 Å². The van der Waals surface area contributed by atoms with Crippen molar-refractivity contribution in [3.63, 3.8) is 0 Å². The van der Waals surface area contributed by atoms with Crippen LogP contribution in [-0.2, 0) is 7.05 Å². The zero-order chi connectivity index (χ0) is 10.1. The zero-order valence-electron chi connectivity index (χ0n) is 7.45. The molecule has 14 heavy (non-hydrogen) atoms. The molecule has 0 aliphatic carbocycles. The van der Waals surface area contributed by atoms with Crippen LogP contribution in [0.15, 0.2) is 24.9 Å². The van der Waals surface area contributed by atoms with Crippen molar-refractivity contribution in [2.45, 2.75) is 0 Å². The second-order valence-electron chi connectivity index (χ2n) is 2.84. The maximum Gasteiger partial charge on any atom is 0.356 e. The minimum atomic E-state index is -1.03. The number of nitrogens with zero attached hydrogens (tertiary/aromatic N) is 4. The van der Waals surface area contributed by atoms with Crippen LogP contribution in [-0.4, -0.2) is 30.4 Å². The predicted molar refractivity (Wildman–Crippen MR) is 47.3 cm³/mol. The zero-order valence-corrected chi connectivity index (χ0v) is 7.45. The Labute approximate surface area is 79.4 Å². The Kier molecular flexibility index (Phi) is 1.81. The average Bonchev–Trinajstić information content (AvgIpc) is 2.70. The van der Waals surface area contributed by atoms with Gasteiger partial charge in [0.25, 0.3) is 0 Å². The van der Waals surface area contributed by atoms with Crippen LogP contribution >= 0.6 is 0 Å². The lowest BCUT2D eigenvalue weighted by atomic mass is 10.5. The molecule has 2 aromatic heterocycles. The van der Waals surface area contributed by atoms with Gasteiger partial charge in [0, 0.05) is 19.4 Å². The Morgan fingerprint density at radius 2 is 2.29 bits per heavy atom. The minimum Gasteiger partial charge on any atom is -0.476 e. The quantitative estimate of drug-likeness (QED) is 0.742. The summed E-state index contributed by atoms with van der Waals surface area (Å²) >= 11 is 0. The fourth-order valence-corrected chi connectivity index (χ4v) is 1.12. The van der Waals surface area contributed by atoms with Gasteiger partial charge in [-0.15, -0.1) is 0 Å². The van der Waals surface area contributed by atoms with E-state index in [1.165, 1.54) is 12.5 Å². The van der Waals surface area contributed by atoms with E-state index in [0.29, 0.717) is 0 Å². The van der Waals surface area contributed by atoms with Crippen LogP contribution in [0.1, 0.15) is 10.5 Å². The van der Waals surface area contributed by atoms with E-state index in [4.69, 9.17) is 5.11 Å². The molecule has 0 spiro atoms. The van der Waals surface area contributed by atoms with Crippen molar-refractivity contribution in [3.05, 3.63) is 30.6 Å². The summed E-state index contributed by atoms with van der Waals surface area (Å²) in [4.78, 5) is 14.3. The van der Waals surface area contributed by atoms with Gasteiger partial charge in [0.1, 0.15) is 6.33 Å². The molecule has 6 heteroatoms. The number of carboxylic acid groups (broad SMARTS) is 1. The second kappa shape index (κ2) is 2.99. The van der Waals surface area contributed by atoms with E-state index in [9.17, 15) is 4.79 Å². The number of aromatic nitrogens is 4. The molecule has 0 bridgehead atoms. The monoisotopic (exact) mass is 192 g/mol. The number of hydrogen-bond donors (Lipinski definition) is 1. The molecule has 0 aromatic carbocycles. The second-order valence-corrected chi connectivity index (χ2v) is 2.84. The highest BCUT2D eigenvalue weighted by Crippen LogP contribution is 2.06. The number of carbonyl (C=O) groups is 1. The van der Waals surface area contributed by atoms with Crippen molar-refractivity contribution in [2.75, 3.05) is 0 Å². The summed E-state index contributed by atoms with van der Waals surface area (Å²) in [5, 5.41) is 12.6. The van der Waals surface area contributed by atoms with Gasteiger partial charge in [0.05, 0.1) is 11.9 Å². The molecular weight excluding hydrogens is 184 g/mol. The number of carboxylic acids is 1. The highest BCUT2D eigenvalue weighted by atomic mass is 16.4. The highest BCUT2D eigenvalue weighted by molar-refractivity contribution is 5.85. The van der Waals surface area contributed by atoms with Crippen molar-refractivity contribution in [2.24, 2.45) is 7.05 Å². The van der Waals surface area contributed by atoms with Crippen LogP contribution in [0.4, 0.5) is 0 Å². The molecule has 0 unspecified atom stereocenters. The van der Waals surface area contributed by atoms with Crippen molar-refractivity contribution in [1.82, 2.24) is 19.3 Å². The summed E-state index contributed by atoms with van der Waals surface area (Å²) in [6.45, 7) is 0. The molecule has 2 rings (SSSR count). The lowest BCUT2D eigenvalue weighted by Crippen LogP contribution is -1.95. The van der Waals surface area contributed by atoms with Crippen LogP contribution in [0.3, 0.4) is 0 Å². The fraction of sp³-hybridized carbons (Fsp3) is 0.125. The fourth-order valence-electron chi connectivity index (χ4n) is 1.12. The molecule has 0 aliphatic rings. The minimum absolute atomic E-state index is 0.0221. The molecule has 0 fully saturated rings. The lowest BCUT2D eigenvalue weighted by molar-refractivity contribution is 0.0691. The summed E-state index contributed by atoms with van der Waals surface area (Å²) in [7, 11) is 1.79. The van der Waals surface area contributed by atoms with E-state index in [1.807, 2.05) is 0 Å².